The zero-order valence-corrected chi connectivity index (χ0v) is 12.6. The summed E-state index contributed by atoms with van der Waals surface area (Å²) in [6, 6.07) is 0.553. The highest BCUT2D eigenvalue weighted by molar-refractivity contribution is 7.11. The largest absolute Gasteiger partial charge is 0.310 e. The molecule has 0 aromatic carbocycles. The summed E-state index contributed by atoms with van der Waals surface area (Å²) in [4.78, 5) is 6.06. The van der Waals surface area contributed by atoms with Crippen molar-refractivity contribution < 1.29 is 0 Å². The van der Waals surface area contributed by atoms with Crippen molar-refractivity contribution in [3.05, 3.63) is 16.1 Å². The molecule has 0 amide bonds. The Kier molecular flexibility index (Phi) is 5.64. The molecule has 0 radical (unpaired) electrons. The first kappa shape index (κ1) is 14.0. The highest BCUT2D eigenvalue weighted by atomic mass is 32.1. The standard InChI is InChI=1S/C15H26N2S/c1-12(2)16-10-14-11-17-15(18-14)13-8-6-4-3-5-7-9-13/h11-13,16H,3-10H2,1-2H3. The van der Waals surface area contributed by atoms with Crippen LogP contribution in [0.5, 0.6) is 0 Å². The Morgan fingerprint density at radius 3 is 2.56 bits per heavy atom. The highest BCUT2D eigenvalue weighted by Crippen LogP contribution is 2.33. The fraction of sp³-hybridized carbons (Fsp3) is 0.800. The van der Waals surface area contributed by atoms with Crippen LogP contribution in [0.1, 0.15) is 74.6 Å². The van der Waals surface area contributed by atoms with E-state index in [-0.39, 0.29) is 0 Å². The van der Waals surface area contributed by atoms with Gasteiger partial charge in [0.2, 0.25) is 0 Å². The molecule has 1 saturated carbocycles. The number of aromatic nitrogens is 1. The van der Waals surface area contributed by atoms with E-state index in [4.69, 9.17) is 0 Å². The van der Waals surface area contributed by atoms with E-state index < -0.39 is 0 Å². The summed E-state index contributed by atoms with van der Waals surface area (Å²) in [5, 5.41) is 4.86. The third-order valence-corrected chi connectivity index (χ3v) is 4.87. The molecule has 0 spiro atoms. The fourth-order valence-electron chi connectivity index (χ4n) is 2.60. The molecule has 18 heavy (non-hydrogen) atoms. The van der Waals surface area contributed by atoms with Crippen LogP contribution >= 0.6 is 11.3 Å². The lowest BCUT2D eigenvalue weighted by Gasteiger charge is -2.17. The van der Waals surface area contributed by atoms with Crippen LogP contribution in [0.2, 0.25) is 0 Å². The molecular formula is C15H26N2S. The van der Waals surface area contributed by atoms with Gasteiger partial charge in [-0.2, -0.15) is 0 Å². The van der Waals surface area contributed by atoms with E-state index in [0.29, 0.717) is 6.04 Å². The van der Waals surface area contributed by atoms with Crippen molar-refractivity contribution >= 4 is 11.3 Å². The summed E-state index contributed by atoms with van der Waals surface area (Å²) in [5.74, 6) is 0.739. The fourth-order valence-corrected chi connectivity index (χ4v) is 3.64. The number of rotatable bonds is 4. The molecule has 1 aliphatic carbocycles. The molecule has 1 heterocycles. The Morgan fingerprint density at radius 2 is 1.89 bits per heavy atom. The smallest absolute Gasteiger partial charge is 0.0959 e. The molecule has 0 aliphatic heterocycles. The predicted octanol–water partition coefficient (Wildman–Crippen LogP) is 4.47. The minimum absolute atomic E-state index is 0.553. The van der Waals surface area contributed by atoms with Crippen molar-refractivity contribution in [2.45, 2.75) is 77.3 Å². The SMILES string of the molecule is CC(C)NCc1cnc(C2CCCCCCC2)s1. The van der Waals surface area contributed by atoms with Gasteiger partial charge in [-0.25, -0.2) is 4.98 Å². The Bertz CT molecular complexity index is 338. The van der Waals surface area contributed by atoms with Gasteiger partial charge in [0.05, 0.1) is 5.01 Å². The van der Waals surface area contributed by atoms with Crippen LogP contribution in [0.4, 0.5) is 0 Å². The zero-order chi connectivity index (χ0) is 12.8. The van der Waals surface area contributed by atoms with E-state index in [0.717, 1.165) is 12.5 Å². The number of hydrogen-bond acceptors (Lipinski definition) is 3. The quantitative estimate of drug-likeness (QED) is 0.869. The van der Waals surface area contributed by atoms with Crippen LogP contribution in [-0.4, -0.2) is 11.0 Å². The van der Waals surface area contributed by atoms with Gasteiger partial charge in [0.25, 0.3) is 0 Å². The minimum Gasteiger partial charge on any atom is -0.310 e. The topological polar surface area (TPSA) is 24.9 Å². The number of nitrogens with zero attached hydrogens (tertiary/aromatic N) is 1. The maximum absolute atomic E-state index is 4.67. The second-order valence-electron chi connectivity index (χ2n) is 5.74. The van der Waals surface area contributed by atoms with Gasteiger partial charge in [-0.1, -0.05) is 46.0 Å². The first-order valence-electron chi connectivity index (χ1n) is 7.43. The van der Waals surface area contributed by atoms with Crippen molar-refractivity contribution in [1.82, 2.24) is 10.3 Å². The molecule has 0 atom stereocenters. The normalized spacial score (nSPS) is 18.8. The lowest BCUT2D eigenvalue weighted by molar-refractivity contribution is 0.454. The average Bonchev–Trinajstić information content (AvgIpc) is 2.74. The third kappa shape index (κ3) is 4.36. The average molecular weight is 266 g/mol. The minimum atomic E-state index is 0.553. The molecule has 1 aromatic rings. The van der Waals surface area contributed by atoms with Gasteiger partial charge in [-0.3, -0.25) is 0 Å². The summed E-state index contributed by atoms with van der Waals surface area (Å²) in [5.41, 5.74) is 0. The summed E-state index contributed by atoms with van der Waals surface area (Å²) in [6.45, 7) is 5.36. The van der Waals surface area contributed by atoms with Gasteiger partial charge in [0.1, 0.15) is 0 Å². The van der Waals surface area contributed by atoms with E-state index >= 15 is 0 Å². The van der Waals surface area contributed by atoms with Crippen LogP contribution in [0, 0.1) is 0 Å². The van der Waals surface area contributed by atoms with Crippen LogP contribution in [-0.2, 0) is 6.54 Å². The molecule has 0 bridgehead atoms. The molecule has 1 fully saturated rings. The van der Waals surface area contributed by atoms with E-state index in [9.17, 15) is 0 Å². The van der Waals surface area contributed by atoms with E-state index in [1.54, 1.807) is 0 Å². The van der Waals surface area contributed by atoms with Gasteiger partial charge < -0.3 is 5.32 Å². The molecule has 1 aromatic heterocycles. The zero-order valence-electron chi connectivity index (χ0n) is 11.7. The molecule has 2 rings (SSSR count). The molecule has 1 N–H and O–H groups in total. The Hall–Kier alpha value is -0.410. The van der Waals surface area contributed by atoms with E-state index in [1.165, 1.54) is 54.8 Å². The maximum Gasteiger partial charge on any atom is 0.0959 e. The summed E-state index contributed by atoms with van der Waals surface area (Å²) < 4.78 is 0. The number of nitrogens with one attached hydrogen (secondary N) is 1. The molecule has 0 saturated heterocycles. The second kappa shape index (κ2) is 7.25. The third-order valence-electron chi connectivity index (χ3n) is 3.71. The monoisotopic (exact) mass is 266 g/mol. The predicted molar refractivity (Wildman–Crippen MR) is 79.1 cm³/mol. The summed E-state index contributed by atoms with van der Waals surface area (Å²) in [6.07, 6.45) is 11.8. The molecule has 2 nitrogen and oxygen atoms in total. The Balaban J connectivity index is 1.90. The molecule has 0 unspecified atom stereocenters. The summed E-state index contributed by atoms with van der Waals surface area (Å²) >= 11 is 1.92. The van der Waals surface area contributed by atoms with Gasteiger partial charge in [-0.05, 0) is 12.8 Å². The van der Waals surface area contributed by atoms with Gasteiger partial charge in [0.15, 0.2) is 0 Å². The number of thiazole rings is 1. The first-order valence-corrected chi connectivity index (χ1v) is 8.25. The second-order valence-corrected chi connectivity index (χ2v) is 6.89. The Labute approximate surface area is 115 Å². The molecule has 3 heteroatoms. The maximum atomic E-state index is 4.67. The lowest BCUT2D eigenvalue weighted by Crippen LogP contribution is -2.21. The highest BCUT2D eigenvalue weighted by Gasteiger charge is 2.16. The van der Waals surface area contributed by atoms with E-state index in [2.05, 4.69) is 30.3 Å². The van der Waals surface area contributed by atoms with Crippen molar-refractivity contribution in [2.24, 2.45) is 0 Å². The number of hydrogen-bond donors (Lipinski definition) is 1. The van der Waals surface area contributed by atoms with Crippen molar-refractivity contribution in [1.29, 1.82) is 0 Å². The van der Waals surface area contributed by atoms with Crippen molar-refractivity contribution in [3.63, 3.8) is 0 Å². The Morgan fingerprint density at radius 1 is 1.22 bits per heavy atom. The molecule has 1 aliphatic rings. The van der Waals surface area contributed by atoms with Crippen LogP contribution in [0.25, 0.3) is 0 Å². The van der Waals surface area contributed by atoms with Crippen LogP contribution < -0.4 is 5.32 Å². The van der Waals surface area contributed by atoms with Gasteiger partial charge in [-0.15, -0.1) is 11.3 Å². The van der Waals surface area contributed by atoms with Crippen molar-refractivity contribution in [3.8, 4) is 0 Å². The molecular weight excluding hydrogens is 240 g/mol. The molecule has 102 valence electrons. The van der Waals surface area contributed by atoms with Crippen LogP contribution in [0.3, 0.4) is 0 Å². The van der Waals surface area contributed by atoms with E-state index in [1.807, 2.05) is 11.3 Å². The lowest BCUT2D eigenvalue weighted by atomic mass is 9.92. The summed E-state index contributed by atoms with van der Waals surface area (Å²) in [7, 11) is 0. The van der Waals surface area contributed by atoms with Crippen LogP contribution in [0.15, 0.2) is 6.20 Å². The first-order chi connectivity index (χ1) is 8.75. The van der Waals surface area contributed by atoms with Gasteiger partial charge >= 0.3 is 0 Å². The van der Waals surface area contributed by atoms with Crippen molar-refractivity contribution in [2.75, 3.05) is 0 Å². The van der Waals surface area contributed by atoms with Gasteiger partial charge in [0, 0.05) is 29.6 Å².